The van der Waals surface area contributed by atoms with Crippen LogP contribution in [0.5, 0.6) is 5.88 Å². The van der Waals surface area contributed by atoms with Crippen LogP contribution in [0.15, 0.2) is 16.0 Å². The van der Waals surface area contributed by atoms with Crippen LogP contribution < -0.4 is 108 Å². The monoisotopic (exact) mass is 236 g/mol. The van der Waals surface area contributed by atoms with Crippen molar-refractivity contribution in [2.75, 3.05) is 6.26 Å². The maximum atomic E-state index is 10.6. The molecule has 0 aliphatic carbocycles. The van der Waals surface area contributed by atoms with E-state index in [9.17, 15) is 4.79 Å². The fourth-order valence-corrected chi connectivity index (χ4v) is 0.907. The van der Waals surface area contributed by atoms with E-state index in [1.54, 1.807) is 6.26 Å². The molecule has 0 fully saturated rings. The third-order valence-electron chi connectivity index (χ3n) is 0.900. The molecule has 12 heavy (non-hydrogen) atoms. The van der Waals surface area contributed by atoms with Gasteiger partial charge < -0.3 is 10.1 Å². The van der Waals surface area contributed by atoms with Crippen molar-refractivity contribution >= 4 is 11.8 Å². The molecular formula is C5H6K2N2O2S+2. The fourth-order valence-electron chi connectivity index (χ4n) is 0.520. The second-order valence-electron chi connectivity index (χ2n) is 1.61. The Balaban J connectivity index is 0. The van der Waals surface area contributed by atoms with Gasteiger partial charge in [-0.05, 0) is 6.26 Å². The average molecular weight is 236 g/mol. The van der Waals surface area contributed by atoms with E-state index in [1.165, 1.54) is 11.8 Å². The van der Waals surface area contributed by atoms with Gasteiger partial charge >= 0.3 is 103 Å². The molecule has 4 nitrogen and oxygen atoms in total. The molecule has 0 amide bonds. The van der Waals surface area contributed by atoms with Gasteiger partial charge in [-0.25, -0.2) is 0 Å². The van der Waals surface area contributed by atoms with Gasteiger partial charge in [-0.2, -0.15) is 4.98 Å². The molecule has 0 atom stereocenters. The largest absolute Gasteiger partial charge is 1.00 e. The number of aromatic hydroxyl groups is 1. The Kier molecular flexibility index (Phi) is 12.0. The number of aromatic nitrogens is 2. The smallest absolute Gasteiger partial charge is 0.493 e. The van der Waals surface area contributed by atoms with Gasteiger partial charge in [-0.1, -0.05) is 11.8 Å². The Morgan fingerprint density at radius 3 is 2.58 bits per heavy atom. The van der Waals surface area contributed by atoms with Crippen molar-refractivity contribution in [1.29, 1.82) is 0 Å². The minimum Gasteiger partial charge on any atom is -0.493 e. The SMILES string of the molecule is CSc1nc(O)cc(=O)[nH]1.[K+].[K+]. The minimum absolute atomic E-state index is 0. The van der Waals surface area contributed by atoms with E-state index in [2.05, 4.69) is 9.97 Å². The molecule has 2 N–H and O–H groups in total. The van der Waals surface area contributed by atoms with Gasteiger partial charge in [0.2, 0.25) is 5.88 Å². The normalized spacial score (nSPS) is 8.08. The summed E-state index contributed by atoms with van der Waals surface area (Å²) < 4.78 is 0. The molecule has 0 unspecified atom stereocenters. The summed E-state index contributed by atoms with van der Waals surface area (Å²) in [6, 6.07) is 1.03. The number of thioether (sulfide) groups is 1. The van der Waals surface area contributed by atoms with E-state index < -0.39 is 0 Å². The summed E-state index contributed by atoms with van der Waals surface area (Å²) in [6.45, 7) is 0. The molecule has 0 aliphatic heterocycles. The maximum absolute atomic E-state index is 10.6. The predicted molar refractivity (Wildman–Crippen MR) is 38.3 cm³/mol. The number of hydrogen-bond acceptors (Lipinski definition) is 4. The van der Waals surface area contributed by atoms with Crippen molar-refractivity contribution in [3.63, 3.8) is 0 Å². The summed E-state index contributed by atoms with van der Waals surface area (Å²) >= 11 is 1.27. The molecular weight excluding hydrogens is 230 g/mol. The summed E-state index contributed by atoms with van der Waals surface area (Å²) in [5.41, 5.74) is -0.336. The summed E-state index contributed by atoms with van der Waals surface area (Å²) in [5, 5.41) is 9.20. The molecule has 54 valence electrons. The molecule has 1 aromatic heterocycles. The van der Waals surface area contributed by atoms with Gasteiger partial charge in [0.1, 0.15) is 0 Å². The molecule has 0 saturated heterocycles. The van der Waals surface area contributed by atoms with Crippen molar-refractivity contribution in [2.45, 2.75) is 5.16 Å². The molecule has 1 aromatic rings. The zero-order valence-corrected chi connectivity index (χ0v) is 14.4. The van der Waals surface area contributed by atoms with Crippen LogP contribution in [0.4, 0.5) is 0 Å². The van der Waals surface area contributed by atoms with E-state index >= 15 is 0 Å². The molecule has 1 rings (SSSR count). The number of rotatable bonds is 1. The zero-order chi connectivity index (χ0) is 7.56. The number of H-pyrrole nitrogens is 1. The first-order chi connectivity index (χ1) is 4.72. The molecule has 0 aromatic carbocycles. The zero-order valence-electron chi connectivity index (χ0n) is 7.29. The quantitative estimate of drug-likeness (QED) is 0.290. The van der Waals surface area contributed by atoms with Crippen molar-refractivity contribution in [3.8, 4) is 5.88 Å². The van der Waals surface area contributed by atoms with Gasteiger partial charge in [0, 0.05) is 0 Å². The van der Waals surface area contributed by atoms with E-state index in [0.717, 1.165) is 6.07 Å². The molecule has 7 heteroatoms. The molecule has 1 heterocycles. The summed E-state index contributed by atoms with van der Waals surface area (Å²) in [5.74, 6) is -0.242. The fraction of sp³-hybridized carbons (Fsp3) is 0.200. The van der Waals surface area contributed by atoms with Gasteiger partial charge in [-0.15, -0.1) is 0 Å². The number of nitrogens with one attached hydrogen (secondary N) is 1. The topological polar surface area (TPSA) is 66.0 Å². The maximum Gasteiger partial charge on any atom is 1.00 e. The third kappa shape index (κ3) is 5.91. The number of aromatic amines is 1. The first kappa shape index (κ1) is 16.7. The molecule has 0 radical (unpaired) electrons. The summed E-state index contributed by atoms with van der Waals surface area (Å²) in [6.07, 6.45) is 1.76. The molecule has 0 saturated carbocycles. The standard InChI is InChI=1S/C5H6N2O2S.2K/c1-10-5-6-3(8)2-4(9)7-5;;/h2H,1H3,(H2,6,7,8,9);;/q;2*+1. The number of nitrogens with zero attached hydrogens (tertiary/aromatic N) is 1. The molecule has 0 bridgehead atoms. The number of hydrogen-bond donors (Lipinski definition) is 2. The van der Waals surface area contributed by atoms with Crippen LogP contribution in [0.3, 0.4) is 0 Å². The molecule has 0 spiro atoms. The van der Waals surface area contributed by atoms with Crippen LogP contribution in [0.1, 0.15) is 0 Å². The van der Waals surface area contributed by atoms with E-state index in [-0.39, 0.29) is 114 Å². The Bertz CT molecular complexity index is 291. The van der Waals surface area contributed by atoms with E-state index in [0.29, 0.717) is 5.16 Å². The van der Waals surface area contributed by atoms with Crippen LogP contribution in [0.25, 0.3) is 0 Å². The summed E-state index contributed by atoms with van der Waals surface area (Å²) in [7, 11) is 0. The average Bonchev–Trinajstić information content (AvgIpc) is 1.85. The van der Waals surface area contributed by atoms with Crippen molar-refractivity contribution in [2.24, 2.45) is 0 Å². The van der Waals surface area contributed by atoms with E-state index in [1.807, 2.05) is 0 Å². The second kappa shape index (κ2) is 8.60. The van der Waals surface area contributed by atoms with Gasteiger partial charge in [-0.3, -0.25) is 4.79 Å². The van der Waals surface area contributed by atoms with Crippen molar-refractivity contribution < 1.29 is 108 Å². The van der Waals surface area contributed by atoms with Crippen molar-refractivity contribution in [3.05, 3.63) is 16.4 Å². The predicted octanol–water partition coefficient (Wildman–Crippen LogP) is -5.79. The Labute approximate surface area is 159 Å². The van der Waals surface area contributed by atoms with E-state index in [4.69, 9.17) is 5.11 Å². The first-order valence-corrected chi connectivity index (χ1v) is 3.79. The molecule has 0 aliphatic rings. The summed E-state index contributed by atoms with van der Waals surface area (Å²) in [4.78, 5) is 16.7. The minimum atomic E-state index is -0.336. The van der Waals surface area contributed by atoms with Crippen molar-refractivity contribution in [1.82, 2.24) is 9.97 Å². The van der Waals surface area contributed by atoms with Crippen LogP contribution in [-0.2, 0) is 0 Å². The van der Waals surface area contributed by atoms with Gasteiger partial charge in [0.15, 0.2) is 5.16 Å². The Morgan fingerprint density at radius 1 is 1.58 bits per heavy atom. The van der Waals surface area contributed by atoms with Gasteiger partial charge in [0.05, 0.1) is 6.07 Å². The van der Waals surface area contributed by atoms with Crippen LogP contribution in [0.2, 0.25) is 0 Å². The first-order valence-electron chi connectivity index (χ1n) is 2.56. The Morgan fingerprint density at radius 2 is 2.17 bits per heavy atom. The van der Waals surface area contributed by atoms with Crippen LogP contribution >= 0.6 is 11.8 Å². The third-order valence-corrected chi connectivity index (χ3v) is 1.48. The second-order valence-corrected chi connectivity index (χ2v) is 2.41. The van der Waals surface area contributed by atoms with Gasteiger partial charge in [0.25, 0.3) is 5.56 Å². The Hall–Kier alpha value is 2.30. The van der Waals surface area contributed by atoms with Crippen LogP contribution in [-0.4, -0.2) is 21.3 Å². The van der Waals surface area contributed by atoms with Crippen LogP contribution in [0, 0.1) is 0 Å².